The molecule has 1 atom stereocenters. The number of aliphatic hydroxyl groups excluding tert-OH is 1. The fourth-order valence-corrected chi connectivity index (χ4v) is 6.15. The van der Waals surface area contributed by atoms with Gasteiger partial charge in [-0.05, 0) is 87.6 Å². The molecule has 0 saturated carbocycles. The van der Waals surface area contributed by atoms with E-state index in [1.54, 1.807) is 12.1 Å². The topological polar surface area (TPSA) is 109 Å². The highest BCUT2D eigenvalue weighted by atomic mass is 16.3. The lowest BCUT2D eigenvalue weighted by Crippen LogP contribution is -2.45. The van der Waals surface area contributed by atoms with Crippen molar-refractivity contribution in [1.29, 1.82) is 0 Å². The van der Waals surface area contributed by atoms with Crippen LogP contribution in [-0.2, 0) is 11.8 Å². The minimum absolute atomic E-state index is 0.0251. The van der Waals surface area contributed by atoms with Gasteiger partial charge < -0.3 is 30.5 Å². The van der Waals surface area contributed by atoms with E-state index in [4.69, 9.17) is 0 Å². The van der Waals surface area contributed by atoms with Crippen molar-refractivity contribution < 1.29 is 15.3 Å². The van der Waals surface area contributed by atoms with E-state index in [1.807, 2.05) is 18.2 Å². The number of likely N-dealkylation sites (tertiary alicyclic amines) is 1. The number of aromatic hydroxyl groups is 2. The van der Waals surface area contributed by atoms with Crippen molar-refractivity contribution in [3.8, 4) is 11.5 Å². The van der Waals surface area contributed by atoms with E-state index < -0.39 is 6.10 Å². The summed E-state index contributed by atoms with van der Waals surface area (Å²) in [6.45, 7) is 7.41. The summed E-state index contributed by atoms with van der Waals surface area (Å²) in [5.74, 6) is 0.314. The third kappa shape index (κ3) is 5.63. The number of fused-ring (bicyclic) bond motifs is 1. The number of hydrogen-bond acceptors (Lipinski definition) is 6. The Balaban J connectivity index is 1.30. The van der Waals surface area contributed by atoms with Crippen molar-refractivity contribution in [2.45, 2.75) is 50.7 Å². The van der Waals surface area contributed by atoms with Crippen molar-refractivity contribution in [2.75, 3.05) is 26.2 Å². The minimum Gasteiger partial charge on any atom is -0.508 e. The number of phenols is 2. The summed E-state index contributed by atoms with van der Waals surface area (Å²) in [5, 5.41) is 36.0. The molecule has 0 aliphatic carbocycles. The van der Waals surface area contributed by atoms with Crippen LogP contribution in [0.5, 0.6) is 11.5 Å². The monoisotopic (exact) mass is 541 g/mol. The Labute approximate surface area is 235 Å². The van der Waals surface area contributed by atoms with Crippen LogP contribution in [0.2, 0.25) is 0 Å². The van der Waals surface area contributed by atoms with E-state index >= 15 is 0 Å². The number of nitrogens with zero attached hydrogens (tertiary/aromatic N) is 1. The number of piperidine rings is 1. The van der Waals surface area contributed by atoms with Crippen molar-refractivity contribution in [3.63, 3.8) is 0 Å². The fraction of sp³-hybridized carbons (Fsp3) is 0.364. The maximum absolute atomic E-state index is 11.7. The molecule has 7 nitrogen and oxygen atoms in total. The van der Waals surface area contributed by atoms with Gasteiger partial charge in [-0.15, -0.1) is 0 Å². The van der Waals surface area contributed by atoms with Crippen molar-refractivity contribution in [2.24, 2.45) is 0 Å². The Hall–Kier alpha value is -3.65. The van der Waals surface area contributed by atoms with Crippen LogP contribution in [0.3, 0.4) is 0 Å². The van der Waals surface area contributed by atoms with Crippen LogP contribution in [0.15, 0.2) is 77.6 Å². The van der Waals surface area contributed by atoms with E-state index in [0.29, 0.717) is 41.3 Å². The zero-order chi connectivity index (χ0) is 28.3. The summed E-state index contributed by atoms with van der Waals surface area (Å²) in [5.41, 5.74) is 3.79. The quantitative estimate of drug-likeness (QED) is 0.198. The zero-order valence-corrected chi connectivity index (χ0v) is 23.2. The average molecular weight is 542 g/mol. The number of benzene rings is 3. The van der Waals surface area contributed by atoms with Gasteiger partial charge in [-0.2, -0.15) is 0 Å². The zero-order valence-electron chi connectivity index (χ0n) is 23.2. The second kappa shape index (κ2) is 11.8. The van der Waals surface area contributed by atoms with Crippen LogP contribution in [0.25, 0.3) is 10.9 Å². The summed E-state index contributed by atoms with van der Waals surface area (Å²) < 4.78 is 0. The van der Waals surface area contributed by atoms with Gasteiger partial charge in [-0.25, -0.2) is 0 Å². The number of nitrogens with one attached hydrogen (secondary N) is 2. The Morgan fingerprint density at radius 2 is 1.68 bits per heavy atom. The van der Waals surface area contributed by atoms with E-state index in [0.717, 1.165) is 43.5 Å². The van der Waals surface area contributed by atoms with Crippen molar-refractivity contribution in [1.82, 2.24) is 15.2 Å². The van der Waals surface area contributed by atoms with E-state index in [1.165, 1.54) is 17.7 Å². The smallest absolute Gasteiger partial charge is 0.248 e. The molecule has 0 amide bonds. The molecule has 0 spiro atoms. The lowest BCUT2D eigenvalue weighted by Gasteiger charge is -2.44. The lowest BCUT2D eigenvalue weighted by atomic mass is 9.67. The Bertz CT molecular complexity index is 1510. The van der Waals surface area contributed by atoms with Crippen molar-refractivity contribution >= 4 is 10.9 Å². The molecule has 40 heavy (non-hydrogen) atoms. The molecule has 0 bridgehead atoms. The third-order valence-electron chi connectivity index (χ3n) is 8.48. The molecule has 0 radical (unpaired) electrons. The first-order valence-corrected chi connectivity index (χ1v) is 14.1. The largest absolute Gasteiger partial charge is 0.508 e. The maximum Gasteiger partial charge on any atom is 0.248 e. The van der Waals surface area contributed by atoms with Crippen LogP contribution in [-0.4, -0.2) is 57.4 Å². The summed E-state index contributed by atoms with van der Waals surface area (Å²) in [7, 11) is 0. The van der Waals surface area contributed by atoms with Gasteiger partial charge in [-0.3, -0.25) is 4.79 Å². The first kappa shape index (κ1) is 27.9. The second-order valence-electron chi connectivity index (χ2n) is 11.2. The number of aliphatic hydroxyl groups is 1. The van der Waals surface area contributed by atoms with Gasteiger partial charge in [0, 0.05) is 35.0 Å². The molecule has 3 aromatic carbocycles. The first-order chi connectivity index (χ1) is 19.3. The Kier molecular flexibility index (Phi) is 8.26. The first-order valence-electron chi connectivity index (χ1n) is 14.1. The number of phenolic OH excluding ortho intramolecular Hbond substituents is 2. The standard InChI is InChI=1S/C33H39N3O4/c1-22(2)36-18-15-33(16-19-36,24-6-4-3-5-7-24)27-20-23(8-11-28(27)37)14-17-34-21-30(39)25-9-12-29(38)32-26(25)10-13-31(40)35-32/h3-13,20,22,30,34,37-39H,14-19,21H2,1-2H3,(H,35,40). The third-order valence-corrected chi connectivity index (χ3v) is 8.48. The molecule has 1 unspecified atom stereocenters. The molecule has 7 heteroatoms. The number of aromatic amines is 1. The van der Waals surface area contributed by atoms with E-state index in [-0.39, 0.29) is 16.7 Å². The van der Waals surface area contributed by atoms with Gasteiger partial charge in [0.1, 0.15) is 11.5 Å². The van der Waals surface area contributed by atoms with Gasteiger partial charge in [-0.1, -0.05) is 48.5 Å². The van der Waals surface area contributed by atoms with E-state index in [9.17, 15) is 20.1 Å². The fourth-order valence-electron chi connectivity index (χ4n) is 6.15. The predicted octanol–water partition coefficient (Wildman–Crippen LogP) is 4.60. The Morgan fingerprint density at radius 1 is 0.950 bits per heavy atom. The lowest BCUT2D eigenvalue weighted by molar-refractivity contribution is 0.144. The minimum atomic E-state index is -0.808. The molecule has 1 fully saturated rings. The van der Waals surface area contributed by atoms with Crippen LogP contribution in [0.4, 0.5) is 0 Å². The van der Waals surface area contributed by atoms with Gasteiger partial charge in [0.2, 0.25) is 5.56 Å². The Morgan fingerprint density at radius 3 is 2.40 bits per heavy atom. The summed E-state index contributed by atoms with van der Waals surface area (Å²) in [6.07, 6.45) is 1.83. The number of H-pyrrole nitrogens is 1. The highest BCUT2D eigenvalue weighted by molar-refractivity contribution is 5.87. The molecular formula is C33H39N3O4. The molecule has 1 aliphatic heterocycles. The average Bonchev–Trinajstić information content (AvgIpc) is 2.97. The highest BCUT2D eigenvalue weighted by Crippen LogP contribution is 2.45. The van der Waals surface area contributed by atoms with Gasteiger partial charge in [0.25, 0.3) is 0 Å². The molecule has 1 aromatic heterocycles. The number of aromatic nitrogens is 1. The molecule has 1 saturated heterocycles. The van der Waals surface area contributed by atoms with Crippen LogP contribution in [0.1, 0.15) is 55.0 Å². The van der Waals surface area contributed by atoms with Gasteiger partial charge >= 0.3 is 0 Å². The summed E-state index contributed by atoms with van der Waals surface area (Å²) in [6, 6.07) is 23.2. The van der Waals surface area contributed by atoms with Crippen LogP contribution in [0, 0.1) is 0 Å². The summed E-state index contributed by atoms with van der Waals surface area (Å²) >= 11 is 0. The molecule has 4 aromatic rings. The normalized spacial score (nSPS) is 16.4. The molecule has 1 aliphatic rings. The van der Waals surface area contributed by atoms with Gasteiger partial charge in [0.05, 0.1) is 11.6 Å². The predicted molar refractivity (Wildman–Crippen MR) is 159 cm³/mol. The molecule has 5 rings (SSSR count). The van der Waals surface area contributed by atoms with Crippen LogP contribution < -0.4 is 10.9 Å². The number of hydrogen-bond donors (Lipinski definition) is 5. The van der Waals surface area contributed by atoms with Gasteiger partial charge in [0.15, 0.2) is 0 Å². The van der Waals surface area contributed by atoms with Crippen molar-refractivity contribution in [3.05, 3.63) is 105 Å². The maximum atomic E-state index is 11.7. The van der Waals surface area contributed by atoms with E-state index in [2.05, 4.69) is 59.4 Å². The highest BCUT2D eigenvalue weighted by Gasteiger charge is 2.40. The molecular weight excluding hydrogens is 502 g/mol. The summed E-state index contributed by atoms with van der Waals surface area (Å²) in [4.78, 5) is 16.8. The number of pyridine rings is 1. The number of rotatable bonds is 9. The SMILES string of the molecule is CC(C)N1CCC(c2ccccc2)(c2cc(CCNCC(O)c3ccc(O)c4[nH]c(=O)ccc34)ccc2O)CC1. The molecule has 210 valence electrons. The second-order valence-corrected chi connectivity index (χ2v) is 11.2. The molecule has 5 N–H and O–H groups in total. The molecule has 2 heterocycles. The van der Waals surface area contributed by atoms with Crippen LogP contribution >= 0.6 is 0 Å².